The van der Waals surface area contributed by atoms with Gasteiger partial charge in [0.2, 0.25) is 0 Å². The summed E-state index contributed by atoms with van der Waals surface area (Å²) >= 11 is 0. The second-order valence-corrected chi connectivity index (χ2v) is 6.80. The van der Waals surface area contributed by atoms with Crippen LogP contribution in [0.25, 0.3) is 0 Å². The van der Waals surface area contributed by atoms with Crippen molar-refractivity contribution in [2.45, 2.75) is 83.5 Å². The number of unbranched alkanes of at least 4 members (excludes halogenated alkanes) is 2. The summed E-state index contributed by atoms with van der Waals surface area (Å²) in [6.45, 7) is 4.41. The molecule has 22 heavy (non-hydrogen) atoms. The van der Waals surface area contributed by atoms with Crippen LogP contribution in [0.3, 0.4) is 0 Å². The zero-order valence-corrected chi connectivity index (χ0v) is 14.1. The van der Waals surface area contributed by atoms with Crippen molar-refractivity contribution >= 4 is 0 Å². The van der Waals surface area contributed by atoms with E-state index >= 15 is 0 Å². The summed E-state index contributed by atoms with van der Waals surface area (Å²) in [5.74, 6) is 1.55. The third-order valence-corrected chi connectivity index (χ3v) is 5.06. The Bertz CT molecular complexity index is 478. The van der Waals surface area contributed by atoms with E-state index < -0.39 is 5.41 Å². The third kappa shape index (κ3) is 4.06. The molecule has 0 atom stereocenters. The average molecular weight is 299 g/mol. The Hall–Kier alpha value is -1.43. The molecule has 2 rings (SSSR count). The molecule has 0 aromatic carbocycles. The predicted molar refractivity (Wildman–Crippen MR) is 89.4 cm³/mol. The molecule has 1 aliphatic carbocycles. The van der Waals surface area contributed by atoms with Crippen molar-refractivity contribution in [2.24, 2.45) is 5.92 Å². The predicted octanol–water partition coefficient (Wildman–Crippen LogP) is 4.96. The number of hydrogen-bond donors (Lipinski definition) is 0. The molecule has 1 aromatic rings. The van der Waals surface area contributed by atoms with Crippen molar-refractivity contribution in [2.75, 3.05) is 0 Å². The number of nitrogens with zero attached hydrogens (tertiary/aromatic N) is 3. The highest BCUT2D eigenvalue weighted by molar-refractivity contribution is 5.22. The maximum Gasteiger partial charge on any atom is 0.148 e. The molecule has 0 bridgehead atoms. The minimum absolute atomic E-state index is 0.438. The molecule has 0 unspecified atom stereocenters. The van der Waals surface area contributed by atoms with Gasteiger partial charge in [0.25, 0.3) is 0 Å². The van der Waals surface area contributed by atoms with E-state index in [1.165, 1.54) is 31.2 Å². The van der Waals surface area contributed by atoms with Crippen molar-refractivity contribution in [1.29, 1.82) is 5.26 Å². The van der Waals surface area contributed by atoms with Crippen LogP contribution in [0.2, 0.25) is 0 Å². The third-order valence-electron chi connectivity index (χ3n) is 5.06. The smallest absolute Gasteiger partial charge is 0.148 e. The summed E-state index contributed by atoms with van der Waals surface area (Å²) in [6.07, 6.45) is 15.4. The summed E-state index contributed by atoms with van der Waals surface area (Å²) < 4.78 is 0. The van der Waals surface area contributed by atoms with Crippen LogP contribution >= 0.6 is 0 Å². The fourth-order valence-corrected chi connectivity index (χ4v) is 3.55. The Morgan fingerprint density at radius 2 is 1.82 bits per heavy atom. The van der Waals surface area contributed by atoms with Crippen LogP contribution in [0.4, 0.5) is 0 Å². The van der Waals surface area contributed by atoms with Crippen LogP contribution in [-0.2, 0) is 11.8 Å². The first-order valence-electron chi connectivity index (χ1n) is 8.96. The van der Waals surface area contributed by atoms with Gasteiger partial charge in [-0.25, -0.2) is 9.97 Å². The van der Waals surface area contributed by atoms with Crippen molar-refractivity contribution in [3.63, 3.8) is 0 Å². The van der Waals surface area contributed by atoms with Crippen molar-refractivity contribution in [1.82, 2.24) is 9.97 Å². The Morgan fingerprint density at radius 1 is 1.14 bits per heavy atom. The molecule has 120 valence electrons. The van der Waals surface area contributed by atoms with Crippen molar-refractivity contribution in [3.8, 4) is 6.07 Å². The Balaban J connectivity index is 1.98. The fourth-order valence-electron chi connectivity index (χ4n) is 3.55. The van der Waals surface area contributed by atoms with E-state index in [1.54, 1.807) is 0 Å². The molecule has 0 aliphatic heterocycles. The fraction of sp³-hybridized carbons (Fsp3) is 0.737. The zero-order valence-electron chi connectivity index (χ0n) is 14.1. The van der Waals surface area contributed by atoms with Crippen LogP contribution in [0.5, 0.6) is 0 Å². The molecular weight excluding hydrogens is 270 g/mol. The minimum atomic E-state index is -0.438. The molecule has 1 aliphatic rings. The van der Waals surface area contributed by atoms with Gasteiger partial charge in [0.1, 0.15) is 11.2 Å². The van der Waals surface area contributed by atoms with Crippen molar-refractivity contribution < 1.29 is 0 Å². The first-order valence-corrected chi connectivity index (χ1v) is 8.96. The van der Waals surface area contributed by atoms with Gasteiger partial charge in [-0.3, -0.25) is 0 Å². The van der Waals surface area contributed by atoms with Gasteiger partial charge in [0, 0.05) is 12.4 Å². The maximum atomic E-state index is 9.74. The quantitative estimate of drug-likeness (QED) is 0.668. The SMILES string of the molecule is CCCCC[C@H]1CC[C@@](C#N)(c2ncc(CCC)cn2)CC1. The highest BCUT2D eigenvalue weighted by Gasteiger charge is 2.39. The molecule has 0 saturated heterocycles. The largest absolute Gasteiger partial charge is 0.239 e. The molecule has 0 N–H and O–H groups in total. The summed E-state index contributed by atoms with van der Waals surface area (Å²) in [5.41, 5.74) is 0.735. The monoisotopic (exact) mass is 299 g/mol. The van der Waals surface area contributed by atoms with Crippen molar-refractivity contribution in [3.05, 3.63) is 23.8 Å². The molecule has 1 aromatic heterocycles. The Labute approximate surface area is 135 Å². The molecule has 1 saturated carbocycles. The lowest BCUT2D eigenvalue weighted by Crippen LogP contribution is -2.32. The van der Waals surface area contributed by atoms with Gasteiger partial charge in [-0.2, -0.15) is 5.26 Å². The van der Waals surface area contributed by atoms with Crippen LogP contribution in [0, 0.1) is 17.2 Å². The minimum Gasteiger partial charge on any atom is -0.239 e. The van der Waals surface area contributed by atoms with Crippen LogP contribution in [0.15, 0.2) is 12.4 Å². The highest BCUT2D eigenvalue weighted by atomic mass is 14.9. The summed E-state index contributed by atoms with van der Waals surface area (Å²) in [4.78, 5) is 9.06. The lowest BCUT2D eigenvalue weighted by molar-refractivity contribution is 0.254. The topological polar surface area (TPSA) is 49.6 Å². The van der Waals surface area contributed by atoms with Gasteiger partial charge in [-0.1, -0.05) is 46.0 Å². The lowest BCUT2D eigenvalue weighted by Gasteiger charge is -2.33. The summed E-state index contributed by atoms with van der Waals surface area (Å²) in [7, 11) is 0. The van der Waals surface area contributed by atoms with Gasteiger partial charge in [-0.05, 0) is 43.6 Å². The van der Waals surface area contributed by atoms with E-state index in [0.29, 0.717) is 0 Å². The standard InChI is InChI=1S/C19H29N3/c1-3-5-6-8-16-9-11-19(15-20,12-10-16)18-21-13-17(7-4-2)14-22-18/h13-14,16H,3-12H2,1-2H3/t16-,19+. The molecule has 3 nitrogen and oxygen atoms in total. The highest BCUT2D eigenvalue weighted by Crippen LogP contribution is 2.41. The maximum absolute atomic E-state index is 9.74. The number of rotatable bonds is 7. The van der Waals surface area contributed by atoms with Crippen LogP contribution < -0.4 is 0 Å². The zero-order chi connectivity index (χ0) is 15.8. The summed E-state index contributed by atoms with van der Waals surface area (Å²) in [6, 6.07) is 2.55. The molecule has 0 radical (unpaired) electrons. The van der Waals surface area contributed by atoms with Gasteiger partial charge < -0.3 is 0 Å². The van der Waals surface area contributed by atoms with E-state index in [-0.39, 0.29) is 0 Å². The first-order chi connectivity index (χ1) is 10.7. The van der Waals surface area contributed by atoms with Gasteiger partial charge in [0.15, 0.2) is 0 Å². The normalized spacial score (nSPS) is 24.9. The van der Waals surface area contributed by atoms with E-state index in [9.17, 15) is 5.26 Å². The number of hydrogen-bond acceptors (Lipinski definition) is 3. The van der Waals surface area contributed by atoms with Gasteiger partial charge in [-0.15, -0.1) is 0 Å². The number of nitriles is 1. The number of aryl methyl sites for hydroxylation is 1. The molecule has 1 heterocycles. The molecular formula is C19H29N3. The van der Waals surface area contributed by atoms with Gasteiger partial charge in [0.05, 0.1) is 6.07 Å². The molecule has 0 amide bonds. The van der Waals surface area contributed by atoms with E-state index in [4.69, 9.17) is 0 Å². The van der Waals surface area contributed by atoms with E-state index in [0.717, 1.165) is 50.3 Å². The Kier molecular flexibility index (Phi) is 6.36. The molecule has 3 heteroatoms. The second kappa shape index (κ2) is 8.27. The second-order valence-electron chi connectivity index (χ2n) is 6.80. The van der Waals surface area contributed by atoms with Crippen LogP contribution in [-0.4, -0.2) is 9.97 Å². The average Bonchev–Trinajstić information content (AvgIpc) is 2.57. The summed E-state index contributed by atoms with van der Waals surface area (Å²) in [5, 5.41) is 9.74. The first kappa shape index (κ1) is 16.9. The molecule has 0 spiro atoms. The lowest BCUT2D eigenvalue weighted by atomic mass is 9.69. The Morgan fingerprint density at radius 3 is 2.36 bits per heavy atom. The number of aromatic nitrogens is 2. The van der Waals surface area contributed by atoms with Gasteiger partial charge >= 0.3 is 0 Å². The molecule has 1 fully saturated rings. The van der Waals surface area contributed by atoms with E-state index in [2.05, 4.69) is 29.9 Å². The van der Waals surface area contributed by atoms with Crippen LogP contribution in [0.1, 0.15) is 83.0 Å². The van der Waals surface area contributed by atoms with E-state index in [1.807, 2.05) is 12.4 Å².